The maximum atomic E-state index is 12.0. The van der Waals surface area contributed by atoms with Gasteiger partial charge in [-0.1, -0.05) is 18.2 Å². The summed E-state index contributed by atoms with van der Waals surface area (Å²) in [7, 11) is 3.45. The van der Waals surface area contributed by atoms with Crippen molar-refractivity contribution in [1.29, 1.82) is 0 Å². The van der Waals surface area contributed by atoms with E-state index in [4.69, 9.17) is 4.74 Å². The fraction of sp³-hybridized carbons (Fsp3) is 0.409. The highest BCUT2D eigenvalue weighted by molar-refractivity contribution is 5.76. The normalized spacial score (nSPS) is 13.0. The molecule has 0 radical (unpaired) electrons. The van der Waals surface area contributed by atoms with Crippen LogP contribution < -0.4 is 15.7 Å². The minimum atomic E-state index is -0.804. The molecule has 0 amide bonds. The highest BCUT2D eigenvalue weighted by atomic mass is 16.5. The number of aryl methyl sites for hydroxylation is 2. The van der Waals surface area contributed by atoms with Gasteiger partial charge in [0.1, 0.15) is 18.5 Å². The van der Waals surface area contributed by atoms with E-state index in [0.717, 1.165) is 16.6 Å². The van der Waals surface area contributed by atoms with Crippen molar-refractivity contribution in [1.82, 2.24) is 14.5 Å². The van der Waals surface area contributed by atoms with E-state index in [9.17, 15) is 15.0 Å². The summed E-state index contributed by atoms with van der Waals surface area (Å²) < 4.78 is 8.88. The van der Waals surface area contributed by atoms with Crippen LogP contribution >= 0.6 is 0 Å². The van der Waals surface area contributed by atoms with Gasteiger partial charge in [0.25, 0.3) is 0 Å². The van der Waals surface area contributed by atoms with E-state index >= 15 is 0 Å². The van der Waals surface area contributed by atoms with Crippen LogP contribution in [0.15, 0.2) is 47.3 Å². The molecule has 29 heavy (non-hydrogen) atoms. The Labute approximate surface area is 170 Å². The van der Waals surface area contributed by atoms with Crippen molar-refractivity contribution < 1.29 is 14.9 Å². The van der Waals surface area contributed by atoms with Gasteiger partial charge in [0.15, 0.2) is 0 Å². The first kappa shape index (κ1) is 21.1. The minimum Gasteiger partial charge on any atom is -0.491 e. The molecule has 3 aromatic rings. The van der Waals surface area contributed by atoms with Crippen molar-refractivity contribution in [2.75, 3.05) is 13.2 Å². The molecule has 0 saturated heterocycles. The Bertz CT molecular complexity index is 1030. The predicted octanol–water partition coefficient (Wildman–Crippen LogP) is 1.85. The lowest BCUT2D eigenvalue weighted by Crippen LogP contribution is -2.42. The Morgan fingerprint density at radius 2 is 1.72 bits per heavy atom. The fourth-order valence-electron chi connectivity index (χ4n) is 3.10. The molecular formula is C22H29N3O4. The molecule has 7 heteroatoms. The Kier molecular flexibility index (Phi) is 6.12. The van der Waals surface area contributed by atoms with E-state index in [0.29, 0.717) is 17.9 Å². The lowest BCUT2D eigenvalue weighted by molar-refractivity contribution is 0.108. The topological polar surface area (TPSA) is 88.7 Å². The summed E-state index contributed by atoms with van der Waals surface area (Å²) in [4.78, 5) is 12.0. The Hall–Kier alpha value is -2.61. The fourth-order valence-corrected chi connectivity index (χ4v) is 3.10. The quantitative estimate of drug-likeness (QED) is 0.538. The molecule has 0 aliphatic rings. The van der Waals surface area contributed by atoms with Crippen molar-refractivity contribution in [3.05, 3.63) is 64.1 Å². The highest BCUT2D eigenvalue weighted by Crippen LogP contribution is 2.21. The van der Waals surface area contributed by atoms with E-state index in [-0.39, 0.29) is 24.4 Å². The summed E-state index contributed by atoms with van der Waals surface area (Å²) >= 11 is 0. The third-order valence-corrected chi connectivity index (χ3v) is 5.18. The highest BCUT2D eigenvalue weighted by Gasteiger charge is 2.15. The van der Waals surface area contributed by atoms with Crippen LogP contribution in [0.4, 0.5) is 0 Å². The summed E-state index contributed by atoms with van der Waals surface area (Å²) in [5.41, 5.74) is 2.95. The van der Waals surface area contributed by atoms with Gasteiger partial charge < -0.3 is 20.3 Å². The van der Waals surface area contributed by atoms with Crippen LogP contribution in [0.25, 0.3) is 11.0 Å². The maximum absolute atomic E-state index is 12.0. The van der Waals surface area contributed by atoms with Gasteiger partial charge in [0.2, 0.25) is 0 Å². The van der Waals surface area contributed by atoms with Crippen molar-refractivity contribution in [3.8, 4) is 5.75 Å². The number of imidazole rings is 1. The lowest BCUT2D eigenvalue weighted by atomic mass is 10.1. The number of hydrogen-bond donors (Lipinski definition) is 3. The van der Waals surface area contributed by atoms with Gasteiger partial charge in [-0.25, -0.2) is 4.79 Å². The molecule has 1 aromatic heterocycles. The number of aromatic nitrogens is 2. The molecule has 0 unspecified atom stereocenters. The van der Waals surface area contributed by atoms with Gasteiger partial charge in [-0.2, -0.15) is 0 Å². The number of aliphatic hydroxyl groups excluding tert-OH is 2. The smallest absolute Gasteiger partial charge is 0.328 e. The molecule has 0 fully saturated rings. The number of hydrogen-bond acceptors (Lipinski definition) is 5. The number of aliphatic hydroxyl groups is 2. The molecule has 0 bridgehead atoms. The molecule has 0 spiro atoms. The van der Waals surface area contributed by atoms with Gasteiger partial charge in [0, 0.05) is 26.2 Å². The van der Waals surface area contributed by atoms with Crippen LogP contribution in [0.1, 0.15) is 31.1 Å². The number of nitrogens with one attached hydrogen (secondary N) is 1. The predicted molar refractivity (Wildman–Crippen MR) is 113 cm³/mol. The van der Waals surface area contributed by atoms with E-state index in [1.54, 1.807) is 23.2 Å². The molecule has 3 rings (SSSR count). The summed E-state index contributed by atoms with van der Waals surface area (Å²) in [5.74, 6) is 0.669. The van der Waals surface area contributed by atoms with Gasteiger partial charge in [-0.3, -0.25) is 9.13 Å². The Morgan fingerprint density at radius 1 is 1.07 bits per heavy atom. The monoisotopic (exact) mass is 399 g/mol. The summed E-state index contributed by atoms with van der Waals surface area (Å²) in [5, 5.41) is 23.1. The first-order valence-corrected chi connectivity index (χ1v) is 9.63. The summed E-state index contributed by atoms with van der Waals surface area (Å²) in [6.45, 7) is 4.70. The average molecular weight is 399 g/mol. The van der Waals surface area contributed by atoms with Crippen LogP contribution in [-0.4, -0.2) is 38.1 Å². The van der Waals surface area contributed by atoms with Crippen LogP contribution in [-0.2, 0) is 20.6 Å². The first-order valence-electron chi connectivity index (χ1n) is 9.63. The summed E-state index contributed by atoms with van der Waals surface area (Å²) in [6, 6.07) is 13.1. The van der Waals surface area contributed by atoms with Gasteiger partial charge >= 0.3 is 5.69 Å². The minimum absolute atomic E-state index is 0.0645. The Morgan fingerprint density at radius 3 is 2.38 bits per heavy atom. The van der Waals surface area contributed by atoms with E-state index < -0.39 is 6.10 Å². The van der Waals surface area contributed by atoms with Crippen LogP contribution in [0.5, 0.6) is 5.75 Å². The zero-order valence-corrected chi connectivity index (χ0v) is 17.3. The van der Waals surface area contributed by atoms with Gasteiger partial charge in [0.05, 0.1) is 17.6 Å². The Balaban J connectivity index is 1.62. The lowest BCUT2D eigenvalue weighted by Gasteiger charge is -2.23. The number of rotatable bonds is 8. The largest absolute Gasteiger partial charge is 0.491 e. The maximum Gasteiger partial charge on any atom is 0.328 e. The third-order valence-electron chi connectivity index (χ3n) is 5.18. The van der Waals surface area contributed by atoms with Crippen LogP contribution in [0, 0.1) is 0 Å². The molecule has 0 aliphatic carbocycles. The second kappa shape index (κ2) is 8.41. The second-order valence-electron chi connectivity index (χ2n) is 8.02. The molecule has 1 atom stereocenters. The first-order chi connectivity index (χ1) is 13.7. The zero-order chi connectivity index (χ0) is 21.2. The van der Waals surface area contributed by atoms with E-state index in [2.05, 4.69) is 5.32 Å². The second-order valence-corrected chi connectivity index (χ2v) is 8.02. The SMILES string of the molecule is Cn1c(=O)n(C)c2cc([C@@H](O)COc3ccc(CNC(C)(C)CO)cc3)ccc21. The van der Waals surface area contributed by atoms with Gasteiger partial charge in [-0.15, -0.1) is 0 Å². The number of benzene rings is 2. The van der Waals surface area contributed by atoms with Crippen molar-refractivity contribution >= 4 is 11.0 Å². The van der Waals surface area contributed by atoms with Crippen molar-refractivity contribution in [2.45, 2.75) is 32.0 Å². The number of ether oxygens (including phenoxy) is 1. The molecule has 156 valence electrons. The molecule has 3 N–H and O–H groups in total. The molecule has 2 aromatic carbocycles. The number of fused-ring (bicyclic) bond motifs is 1. The molecular weight excluding hydrogens is 370 g/mol. The van der Waals surface area contributed by atoms with Crippen molar-refractivity contribution in [2.24, 2.45) is 14.1 Å². The van der Waals surface area contributed by atoms with E-state index in [1.165, 1.54) is 0 Å². The third kappa shape index (κ3) is 4.70. The number of nitrogens with zero attached hydrogens (tertiary/aromatic N) is 2. The van der Waals surface area contributed by atoms with Gasteiger partial charge in [-0.05, 0) is 49.2 Å². The summed E-state index contributed by atoms with van der Waals surface area (Å²) in [6.07, 6.45) is -0.804. The average Bonchev–Trinajstić information content (AvgIpc) is 2.95. The zero-order valence-electron chi connectivity index (χ0n) is 17.3. The molecule has 0 aliphatic heterocycles. The van der Waals surface area contributed by atoms with Crippen LogP contribution in [0.2, 0.25) is 0 Å². The van der Waals surface area contributed by atoms with Crippen LogP contribution in [0.3, 0.4) is 0 Å². The standard InChI is InChI=1S/C22H29N3O4/c1-22(2,14-26)23-12-15-5-8-17(9-6-15)29-13-20(27)16-7-10-18-19(11-16)25(4)21(28)24(18)3/h5-11,20,23,26-27H,12-14H2,1-4H3/t20-/m0/s1. The molecule has 1 heterocycles. The van der Waals surface area contributed by atoms with Crippen molar-refractivity contribution in [3.63, 3.8) is 0 Å². The molecule has 7 nitrogen and oxygen atoms in total. The van der Waals surface area contributed by atoms with E-state index in [1.807, 2.05) is 56.3 Å². The molecule has 0 saturated carbocycles.